The van der Waals surface area contributed by atoms with Crippen LogP contribution in [-0.2, 0) is 4.74 Å². The average molecular weight is 194 g/mol. The van der Waals surface area contributed by atoms with Crippen molar-refractivity contribution in [3.05, 3.63) is 0 Å². The lowest BCUT2D eigenvalue weighted by atomic mass is 9.82. The normalized spacial score (nSPS) is 37.4. The second kappa shape index (κ2) is 2.88. The molecule has 13 heavy (non-hydrogen) atoms. The molecule has 78 valence electrons. The maximum absolute atomic E-state index is 9.50. The Bertz CT molecular complexity index is 201. The first kappa shape index (κ1) is 10.8. The Morgan fingerprint density at radius 3 is 1.92 bits per heavy atom. The third-order valence-corrected chi connectivity index (χ3v) is 2.48. The molecule has 1 atom stereocenters. The molecular formula is C7H14O6. The van der Waals surface area contributed by atoms with E-state index in [1.807, 2.05) is 0 Å². The molecule has 0 bridgehead atoms. The second-order valence-corrected chi connectivity index (χ2v) is 3.33. The molecule has 0 aliphatic heterocycles. The quantitative estimate of drug-likeness (QED) is 0.305. The molecule has 1 unspecified atom stereocenters. The molecule has 0 aromatic heterocycles. The van der Waals surface area contributed by atoms with Crippen molar-refractivity contribution in [2.45, 2.75) is 36.6 Å². The maximum Gasteiger partial charge on any atom is 0.274 e. The lowest BCUT2D eigenvalue weighted by molar-refractivity contribution is -0.470. The summed E-state index contributed by atoms with van der Waals surface area (Å²) in [6.45, 7) is 0. The van der Waals surface area contributed by atoms with E-state index in [-0.39, 0.29) is 19.3 Å². The largest absolute Gasteiger partial charge is 0.361 e. The van der Waals surface area contributed by atoms with Crippen LogP contribution in [0.5, 0.6) is 0 Å². The zero-order valence-corrected chi connectivity index (χ0v) is 7.27. The third-order valence-electron chi connectivity index (χ3n) is 2.48. The number of hydrogen-bond acceptors (Lipinski definition) is 6. The van der Waals surface area contributed by atoms with Crippen LogP contribution in [0.15, 0.2) is 0 Å². The highest BCUT2D eigenvalue weighted by molar-refractivity contribution is 4.98. The van der Waals surface area contributed by atoms with E-state index in [0.717, 1.165) is 7.11 Å². The van der Waals surface area contributed by atoms with Crippen LogP contribution >= 0.6 is 0 Å². The van der Waals surface area contributed by atoms with Gasteiger partial charge in [-0.3, -0.25) is 0 Å². The summed E-state index contributed by atoms with van der Waals surface area (Å²) in [6, 6.07) is 0. The Kier molecular flexibility index (Phi) is 2.40. The number of methoxy groups -OCH3 is 1. The molecule has 1 aliphatic carbocycles. The molecule has 1 rings (SSSR count). The molecule has 0 spiro atoms. The van der Waals surface area contributed by atoms with E-state index >= 15 is 0 Å². The monoisotopic (exact) mass is 194 g/mol. The predicted octanol–water partition coefficient (Wildman–Crippen LogP) is -2.13. The summed E-state index contributed by atoms with van der Waals surface area (Å²) in [5.41, 5.74) is 0. The number of rotatable bonds is 1. The topological polar surface area (TPSA) is 110 Å². The van der Waals surface area contributed by atoms with Crippen molar-refractivity contribution >= 4 is 0 Å². The van der Waals surface area contributed by atoms with Gasteiger partial charge in [0.05, 0.1) is 0 Å². The van der Waals surface area contributed by atoms with Crippen LogP contribution in [0.2, 0.25) is 0 Å². The first-order valence-corrected chi connectivity index (χ1v) is 3.94. The summed E-state index contributed by atoms with van der Waals surface area (Å²) in [7, 11) is 1.06. The SMILES string of the molecule is COC1(O)CCCC(O)(O)C1(O)O. The highest BCUT2D eigenvalue weighted by atomic mass is 16.7. The van der Waals surface area contributed by atoms with E-state index in [2.05, 4.69) is 4.74 Å². The van der Waals surface area contributed by atoms with Gasteiger partial charge < -0.3 is 30.3 Å². The van der Waals surface area contributed by atoms with Crippen molar-refractivity contribution < 1.29 is 30.3 Å². The lowest BCUT2D eigenvalue weighted by Crippen LogP contribution is -2.71. The van der Waals surface area contributed by atoms with Gasteiger partial charge in [0.1, 0.15) is 0 Å². The van der Waals surface area contributed by atoms with Gasteiger partial charge in [0.2, 0.25) is 11.6 Å². The smallest absolute Gasteiger partial charge is 0.274 e. The Morgan fingerprint density at radius 2 is 1.54 bits per heavy atom. The fourth-order valence-corrected chi connectivity index (χ4v) is 1.48. The van der Waals surface area contributed by atoms with Gasteiger partial charge in [-0.1, -0.05) is 0 Å². The van der Waals surface area contributed by atoms with E-state index in [1.54, 1.807) is 0 Å². The van der Waals surface area contributed by atoms with E-state index in [9.17, 15) is 25.5 Å². The van der Waals surface area contributed by atoms with Gasteiger partial charge in [0.25, 0.3) is 5.79 Å². The third kappa shape index (κ3) is 1.35. The van der Waals surface area contributed by atoms with E-state index in [4.69, 9.17) is 0 Å². The molecule has 6 nitrogen and oxygen atoms in total. The molecule has 1 saturated carbocycles. The van der Waals surface area contributed by atoms with Gasteiger partial charge >= 0.3 is 0 Å². The van der Waals surface area contributed by atoms with Crippen LogP contribution in [0.4, 0.5) is 0 Å². The zero-order valence-electron chi connectivity index (χ0n) is 7.27. The van der Waals surface area contributed by atoms with Crippen molar-refractivity contribution in [2.75, 3.05) is 7.11 Å². The van der Waals surface area contributed by atoms with E-state index < -0.39 is 17.4 Å². The molecule has 0 saturated heterocycles. The van der Waals surface area contributed by atoms with Crippen LogP contribution in [0.3, 0.4) is 0 Å². The van der Waals surface area contributed by atoms with Gasteiger partial charge in [-0.05, 0) is 6.42 Å². The Labute approximate surface area is 75.0 Å². The zero-order chi connectivity index (χ0) is 10.3. The lowest BCUT2D eigenvalue weighted by Gasteiger charge is -2.48. The molecule has 0 amide bonds. The van der Waals surface area contributed by atoms with Gasteiger partial charge in [-0.2, -0.15) is 0 Å². The van der Waals surface area contributed by atoms with Crippen LogP contribution in [-0.4, -0.2) is 50.0 Å². The molecule has 1 fully saturated rings. The molecule has 1 aliphatic rings. The van der Waals surface area contributed by atoms with Gasteiger partial charge in [0, 0.05) is 20.0 Å². The maximum atomic E-state index is 9.50. The Morgan fingerprint density at radius 1 is 1.00 bits per heavy atom. The van der Waals surface area contributed by atoms with E-state index in [0.29, 0.717) is 0 Å². The molecule has 0 aromatic carbocycles. The van der Waals surface area contributed by atoms with Crippen LogP contribution in [0.25, 0.3) is 0 Å². The van der Waals surface area contributed by atoms with Crippen LogP contribution < -0.4 is 0 Å². The highest BCUT2D eigenvalue weighted by Gasteiger charge is 2.64. The number of hydrogen-bond donors (Lipinski definition) is 5. The number of ether oxygens (including phenoxy) is 1. The summed E-state index contributed by atoms with van der Waals surface area (Å²) >= 11 is 0. The minimum absolute atomic E-state index is 0.0701. The number of aliphatic hydroxyl groups is 5. The van der Waals surface area contributed by atoms with Crippen molar-refractivity contribution in [1.29, 1.82) is 0 Å². The molecule has 6 heteroatoms. The van der Waals surface area contributed by atoms with Gasteiger partial charge in [0.15, 0.2) is 0 Å². The average Bonchev–Trinajstić information content (AvgIpc) is 2.01. The van der Waals surface area contributed by atoms with Crippen molar-refractivity contribution in [3.63, 3.8) is 0 Å². The predicted molar refractivity (Wildman–Crippen MR) is 40.1 cm³/mol. The van der Waals surface area contributed by atoms with Gasteiger partial charge in [-0.25, -0.2) is 0 Å². The summed E-state index contributed by atoms with van der Waals surface area (Å²) in [6.07, 6.45) is -0.0781. The summed E-state index contributed by atoms with van der Waals surface area (Å²) < 4.78 is 4.47. The molecule has 0 radical (unpaired) electrons. The summed E-state index contributed by atoms with van der Waals surface area (Å²) in [5, 5.41) is 46.5. The highest BCUT2D eigenvalue weighted by Crippen LogP contribution is 2.41. The van der Waals surface area contributed by atoms with Crippen molar-refractivity contribution in [3.8, 4) is 0 Å². The van der Waals surface area contributed by atoms with Gasteiger partial charge in [-0.15, -0.1) is 0 Å². The fraction of sp³-hybridized carbons (Fsp3) is 1.00. The molecule has 0 heterocycles. The standard InChI is InChI=1S/C7H14O6/c1-13-6(10)4-2-3-5(8,9)7(6,11)12/h8-12H,2-4H2,1H3. The van der Waals surface area contributed by atoms with Crippen molar-refractivity contribution in [2.24, 2.45) is 0 Å². The Balaban J connectivity index is 3.01. The second-order valence-electron chi connectivity index (χ2n) is 3.33. The van der Waals surface area contributed by atoms with Crippen LogP contribution in [0.1, 0.15) is 19.3 Å². The van der Waals surface area contributed by atoms with Crippen LogP contribution in [0, 0.1) is 0 Å². The Hall–Kier alpha value is -0.240. The summed E-state index contributed by atoms with van der Waals surface area (Å²) in [5.74, 6) is -8.17. The molecule has 0 aromatic rings. The first-order valence-electron chi connectivity index (χ1n) is 3.94. The van der Waals surface area contributed by atoms with E-state index in [1.165, 1.54) is 0 Å². The molecule has 5 N–H and O–H groups in total. The minimum Gasteiger partial charge on any atom is -0.361 e. The minimum atomic E-state index is -3.08. The summed E-state index contributed by atoms with van der Waals surface area (Å²) in [4.78, 5) is 0. The molecular weight excluding hydrogens is 180 g/mol. The first-order chi connectivity index (χ1) is 5.77. The van der Waals surface area contributed by atoms with Crippen molar-refractivity contribution in [1.82, 2.24) is 0 Å². The fourth-order valence-electron chi connectivity index (χ4n) is 1.48.